The lowest BCUT2D eigenvalue weighted by Gasteiger charge is -1.99. The second-order valence-electron chi connectivity index (χ2n) is 3.89. The number of hydrogen-bond donors (Lipinski definition) is 1. The van der Waals surface area contributed by atoms with E-state index in [0.717, 1.165) is 14.4 Å². The Balaban J connectivity index is 2.14. The Morgan fingerprint density at radius 2 is 2.05 bits per heavy atom. The van der Waals surface area contributed by atoms with E-state index in [2.05, 4.69) is 4.37 Å². The van der Waals surface area contributed by atoms with Gasteiger partial charge in [0.2, 0.25) is 5.78 Å². The largest absolute Gasteiger partial charge is 0.397 e. The van der Waals surface area contributed by atoms with E-state index in [9.17, 15) is 4.79 Å². The van der Waals surface area contributed by atoms with Crippen LogP contribution in [-0.4, -0.2) is 16.4 Å². The maximum atomic E-state index is 12.4. The van der Waals surface area contributed by atoms with Gasteiger partial charge < -0.3 is 5.73 Å². The smallest absolute Gasteiger partial charge is 0.205 e. The maximum Gasteiger partial charge on any atom is 0.205 e. The zero-order chi connectivity index (χ0) is 13.4. The molecule has 2 heterocycles. The Morgan fingerprint density at radius 1 is 1.32 bits per heavy atom. The van der Waals surface area contributed by atoms with Gasteiger partial charge in [-0.3, -0.25) is 4.79 Å². The first-order chi connectivity index (χ1) is 9.22. The highest BCUT2D eigenvalue weighted by atomic mass is 32.2. The molecule has 0 fully saturated rings. The second-order valence-corrected chi connectivity index (χ2v) is 6.74. The summed E-state index contributed by atoms with van der Waals surface area (Å²) in [6, 6.07) is 9.22. The molecule has 6 heteroatoms. The van der Waals surface area contributed by atoms with Crippen LogP contribution in [0.15, 0.2) is 35.4 Å². The number of nitrogen functional groups attached to an aromatic ring is 1. The van der Waals surface area contributed by atoms with Crippen molar-refractivity contribution in [3.8, 4) is 0 Å². The molecule has 3 aromatic rings. The molecular weight excluding hydrogens is 296 g/mol. The van der Waals surface area contributed by atoms with Gasteiger partial charge in [-0.15, -0.1) is 23.1 Å². The number of aromatic nitrogens is 1. The molecule has 2 N–H and O–H groups in total. The highest BCUT2D eigenvalue weighted by Gasteiger charge is 2.21. The summed E-state index contributed by atoms with van der Waals surface area (Å²) in [6.07, 6.45) is 1.96. The Hall–Kier alpha value is -1.37. The van der Waals surface area contributed by atoms with Crippen LogP contribution in [0, 0.1) is 0 Å². The van der Waals surface area contributed by atoms with Crippen molar-refractivity contribution < 1.29 is 4.79 Å². The van der Waals surface area contributed by atoms with E-state index >= 15 is 0 Å². The summed E-state index contributed by atoms with van der Waals surface area (Å²) in [5, 5.41) is 1.84. The average molecular weight is 306 g/mol. The minimum absolute atomic E-state index is 0.0152. The summed E-state index contributed by atoms with van der Waals surface area (Å²) in [6.45, 7) is 0. The van der Waals surface area contributed by atoms with Crippen LogP contribution in [-0.2, 0) is 0 Å². The molecule has 0 unspecified atom stereocenters. The molecule has 1 aromatic carbocycles. The van der Waals surface area contributed by atoms with Gasteiger partial charge in [0.1, 0.15) is 13.9 Å². The Labute approximate surface area is 122 Å². The van der Waals surface area contributed by atoms with Crippen molar-refractivity contribution >= 4 is 55.5 Å². The quantitative estimate of drug-likeness (QED) is 0.589. The van der Waals surface area contributed by atoms with Gasteiger partial charge in [-0.2, -0.15) is 4.37 Å². The Morgan fingerprint density at radius 3 is 2.74 bits per heavy atom. The first-order valence-electron chi connectivity index (χ1n) is 5.53. The van der Waals surface area contributed by atoms with Gasteiger partial charge in [-0.25, -0.2) is 0 Å². The van der Waals surface area contributed by atoms with Gasteiger partial charge in [0.05, 0.1) is 11.1 Å². The fourth-order valence-electron chi connectivity index (χ4n) is 1.85. The van der Waals surface area contributed by atoms with Crippen molar-refractivity contribution in [2.45, 2.75) is 5.03 Å². The van der Waals surface area contributed by atoms with E-state index in [-0.39, 0.29) is 5.78 Å². The molecule has 3 nitrogen and oxygen atoms in total. The van der Waals surface area contributed by atoms with Crippen LogP contribution in [0.1, 0.15) is 15.2 Å². The van der Waals surface area contributed by atoms with E-state index in [0.29, 0.717) is 16.1 Å². The van der Waals surface area contributed by atoms with Gasteiger partial charge in [-0.1, -0.05) is 30.3 Å². The summed E-state index contributed by atoms with van der Waals surface area (Å²) < 4.78 is 5.35. The van der Waals surface area contributed by atoms with Crippen molar-refractivity contribution in [3.63, 3.8) is 0 Å². The second kappa shape index (κ2) is 4.96. The summed E-state index contributed by atoms with van der Waals surface area (Å²) >= 11 is 4.39. The van der Waals surface area contributed by atoms with E-state index in [1.54, 1.807) is 11.8 Å². The minimum atomic E-state index is -0.0152. The Bertz CT molecular complexity index is 746. The van der Waals surface area contributed by atoms with E-state index in [4.69, 9.17) is 5.73 Å². The third kappa shape index (κ3) is 2.05. The number of thioether (sulfide) groups is 1. The van der Waals surface area contributed by atoms with Crippen molar-refractivity contribution in [2.75, 3.05) is 12.0 Å². The van der Waals surface area contributed by atoms with Crippen LogP contribution in [0.4, 0.5) is 5.69 Å². The number of rotatable bonds is 3. The molecule has 0 bridgehead atoms. The number of anilines is 1. The first-order valence-corrected chi connectivity index (χ1v) is 8.35. The van der Waals surface area contributed by atoms with Crippen LogP contribution in [0.3, 0.4) is 0 Å². The molecule has 0 radical (unpaired) electrons. The number of benzene rings is 1. The SMILES string of the molecule is CSc1nsc2sc(C(=O)c3ccccc3)c(N)c12. The topological polar surface area (TPSA) is 56.0 Å². The standard InChI is InChI=1S/C13H10N2OS3/c1-17-12-8-9(14)11(18-13(8)19-15-12)10(16)7-5-3-2-4-6-7/h2-6H,14H2,1H3. The molecule has 0 aliphatic heterocycles. The fraction of sp³-hybridized carbons (Fsp3) is 0.0769. The molecule has 0 saturated carbocycles. The van der Waals surface area contributed by atoms with Crippen LogP contribution in [0.2, 0.25) is 0 Å². The van der Waals surface area contributed by atoms with E-state index in [1.165, 1.54) is 22.9 Å². The monoisotopic (exact) mass is 306 g/mol. The van der Waals surface area contributed by atoms with Crippen molar-refractivity contribution in [3.05, 3.63) is 40.8 Å². The number of ketones is 1. The molecular formula is C13H10N2OS3. The molecule has 0 aliphatic rings. The lowest BCUT2D eigenvalue weighted by Crippen LogP contribution is -2.01. The minimum Gasteiger partial charge on any atom is -0.397 e. The zero-order valence-electron chi connectivity index (χ0n) is 10.0. The summed E-state index contributed by atoms with van der Waals surface area (Å²) in [5.41, 5.74) is 7.37. The van der Waals surface area contributed by atoms with Crippen molar-refractivity contribution in [1.29, 1.82) is 0 Å². The number of fused-ring (bicyclic) bond motifs is 1. The van der Waals surface area contributed by atoms with Gasteiger partial charge in [0.25, 0.3) is 0 Å². The molecule has 96 valence electrons. The normalized spacial score (nSPS) is 11.0. The lowest BCUT2D eigenvalue weighted by molar-refractivity contribution is 0.104. The average Bonchev–Trinajstić information content (AvgIpc) is 3.00. The molecule has 0 atom stereocenters. The van der Waals surface area contributed by atoms with E-state index < -0.39 is 0 Å². The highest BCUT2D eigenvalue weighted by Crippen LogP contribution is 2.42. The zero-order valence-corrected chi connectivity index (χ0v) is 12.5. The predicted octanol–water partition coefficient (Wildman–Crippen LogP) is 3.89. The molecule has 3 rings (SSSR count). The molecule has 0 spiro atoms. The number of nitrogens with two attached hydrogens (primary N) is 1. The third-order valence-electron chi connectivity index (χ3n) is 2.77. The molecule has 19 heavy (non-hydrogen) atoms. The molecule has 2 aromatic heterocycles. The number of nitrogens with zero attached hydrogens (tertiary/aromatic N) is 1. The fourth-order valence-corrected chi connectivity index (χ4v) is 4.78. The van der Waals surface area contributed by atoms with Crippen LogP contribution in [0.5, 0.6) is 0 Å². The third-order valence-corrected chi connectivity index (χ3v) is 5.69. The number of hydrogen-bond acceptors (Lipinski definition) is 6. The molecule has 0 saturated heterocycles. The lowest BCUT2D eigenvalue weighted by atomic mass is 10.1. The van der Waals surface area contributed by atoms with Crippen molar-refractivity contribution in [2.24, 2.45) is 0 Å². The number of carbonyl (C=O) groups excluding carboxylic acids is 1. The van der Waals surface area contributed by atoms with Gasteiger partial charge in [-0.05, 0) is 17.8 Å². The first kappa shape index (κ1) is 12.7. The van der Waals surface area contributed by atoms with Crippen LogP contribution in [0.25, 0.3) is 9.40 Å². The number of carbonyl (C=O) groups is 1. The van der Waals surface area contributed by atoms with Gasteiger partial charge in [0.15, 0.2) is 0 Å². The predicted molar refractivity (Wildman–Crippen MR) is 83.6 cm³/mol. The maximum absolute atomic E-state index is 12.4. The van der Waals surface area contributed by atoms with Crippen LogP contribution >= 0.6 is 34.6 Å². The molecule has 0 aliphatic carbocycles. The highest BCUT2D eigenvalue weighted by molar-refractivity contribution is 7.98. The van der Waals surface area contributed by atoms with Gasteiger partial charge in [0, 0.05) is 5.56 Å². The molecule has 0 amide bonds. The summed E-state index contributed by atoms with van der Waals surface area (Å²) in [7, 11) is 0. The number of thiophene rings is 1. The van der Waals surface area contributed by atoms with E-state index in [1.807, 2.05) is 36.6 Å². The van der Waals surface area contributed by atoms with Gasteiger partial charge >= 0.3 is 0 Å². The van der Waals surface area contributed by atoms with Crippen LogP contribution < -0.4 is 5.73 Å². The van der Waals surface area contributed by atoms with Crippen molar-refractivity contribution in [1.82, 2.24) is 4.37 Å². The summed E-state index contributed by atoms with van der Waals surface area (Å²) in [4.78, 5) is 13.1. The Kier molecular flexibility index (Phi) is 3.30. The summed E-state index contributed by atoms with van der Waals surface area (Å²) in [5.74, 6) is -0.0152.